The number of carbonyl (C=O) groups is 1. The second-order valence-electron chi connectivity index (χ2n) is 7.97. The molecule has 0 atom stereocenters. The van der Waals surface area contributed by atoms with Gasteiger partial charge in [0.15, 0.2) is 0 Å². The summed E-state index contributed by atoms with van der Waals surface area (Å²) in [6, 6.07) is 23.8. The zero-order chi connectivity index (χ0) is 26.2. The van der Waals surface area contributed by atoms with Crippen LogP contribution in [0.5, 0.6) is 0 Å². The average molecular weight is 603 g/mol. The highest BCUT2D eigenvalue weighted by molar-refractivity contribution is 9.09. The lowest BCUT2D eigenvalue weighted by Crippen LogP contribution is -2.42. The van der Waals surface area contributed by atoms with Crippen LogP contribution in [0, 0.1) is 6.92 Å². The van der Waals surface area contributed by atoms with E-state index in [-0.39, 0.29) is 6.61 Å². The number of unbranched alkanes of at least 4 members (excludes halogenated alkanes) is 2. The van der Waals surface area contributed by atoms with Crippen LogP contribution >= 0.6 is 26.2 Å². The predicted octanol–water partition coefficient (Wildman–Crippen LogP) is 7.32. The van der Waals surface area contributed by atoms with Crippen molar-refractivity contribution in [3.8, 4) is 0 Å². The van der Waals surface area contributed by atoms with Crippen LogP contribution in [0.3, 0.4) is 0 Å². The van der Waals surface area contributed by atoms with E-state index in [0.717, 1.165) is 17.3 Å². The minimum atomic E-state index is -5.67. The first-order valence-electron chi connectivity index (χ1n) is 11.2. The van der Waals surface area contributed by atoms with Gasteiger partial charge >= 0.3 is 21.3 Å². The highest BCUT2D eigenvalue weighted by Gasteiger charge is 2.63. The third-order valence-electron chi connectivity index (χ3n) is 5.31. The Bertz CT molecular complexity index is 1200. The van der Waals surface area contributed by atoms with Crippen molar-refractivity contribution in [1.82, 2.24) is 0 Å². The molecule has 0 amide bonds. The van der Waals surface area contributed by atoms with E-state index in [1.165, 1.54) is 0 Å². The summed E-state index contributed by atoms with van der Waals surface area (Å²) in [6.45, 7) is 1.56. The molecule has 36 heavy (non-hydrogen) atoms. The molecule has 3 aromatic rings. The molecule has 0 unspecified atom stereocenters. The monoisotopic (exact) mass is 601 g/mol. The van der Waals surface area contributed by atoms with Crippen LogP contribution in [0.2, 0.25) is 0 Å². The van der Waals surface area contributed by atoms with E-state index in [1.54, 1.807) is 84.9 Å². The maximum absolute atomic E-state index is 15.2. The molecule has 0 bridgehead atoms. The van der Waals surface area contributed by atoms with Gasteiger partial charge in [-0.1, -0.05) is 70.0 Å². The Labute approximate surface area is 220 Å². The van der Waals surface area contributed by atoms with Gasteiger partial charge in [0.05, 0.1) is 31.6 Å². The third-order valence-corrected chi connectivity index (χ3v) is 11.2. The van der Waals surface area contributed by atoms with Gasteiger partial charge in [-0.15, -0.1) is 8.42 Å². The first kappa shape index (κ1) is 28.3. The minimum Gasteiger partial charge on any atom is -0.460 e. The van der Waals surface area contributed by atoms with Crippen molar-refractivity contribution in [1.29, 1.82) is 0 Å². The largest absolute Gasteiger partial charge is 0.514 e. The van der Waals surface area contributed by atoms with Gasteiger partial charge in [0, 0.05) is 5.33 Å². The van der Waals surface area contributed by atoms with Crippen LogP contribution in [-0.4, -0.2) is 35.2 Å². The molecule has 0 radical (unpaired) electrons. The summed E-state index contributed by atoms with van der Waals surface area (Å²) in [7, 11) is -8.78. The number of aryl methyl sites for hydroxylation is 1. The van der Waals surface area contributed by atoms with Gasteiger partial charge in [-0.2, -0.15) is 8.78 Å². The fraction of sp³-hybridized carbons (Fsp3) is 0.269. The highest BCUT2D eigenvalue weighted by Crippen LogP contribution is 2.68. The summed E-state index contributed by atoms with van der Waals surface area (Å²) >= 11 is 3.26. The molecule has 1 N–H and O–H groups in total. The molecule has 0 heterocycles. The smallest absolute Gasteiger partial charge is 0.460 e. The fourth-order valence-corrected chi connectivity index (χ4v) is 9.13. The molecule has 3 aromatic carbocycles. The van der Waals surface area contributed by atoms with Crippen molar-refractivity contribution in [2.75, 3.05) is 11.9 Å². The molecule has 0 spiro atoms. The number of halogens is 3. The zero-order valence-electron chi connectivity index (χ0n) is 19.6. The number of benzene rings is 3. The van der Waals surface area contributed by atoms with Crippen molar-refractivity contribution in [2.24, 2.45) is 0 Å². The van der Waals surface area contributed by atoms with Crippen LogP contribution in [0.15, 0.2) is 99.6 Å². The maximum Gasteiger partial charge on any atom is 0.514 e. The van der Waals surface area contributed by atoms with Crippen LogP contribution in [0.4, 0.5) is 8.78 Å². The summed E-state index contributed by atoms with van der Waals surface area (Å²) in [5.74, 6) is -2.12. The highest BCUT2D eigenvalue weighted by atomic mass is 79.9. The molecule has 5 nitrogen and oxygen atoms in total. The first-order valence-corrected chi connectivity index (χ1v) is 15.4. The second kappa shape index (κ2) is 12.3. The van der Waals surface area contributed by atoms with Crippen molar-refractivity contribution in [3.05, 3.63) is 90.5 Å². The number of carbonyl (C=O) groups excluding carboxylic acids is 1. The number of ether oxygens (including phenoxy) is 1. The molecule has 0 aromatic heterocycles. The molecular formula is C26H28BrF2O5S2+. The summed E-state index contributed by atoms with van der Waals surface area (Å²) < 4.78 is 65.4. The van der Waals surface area contributed by atoms with Gasteiger partial charge in [0.25, 0.3) is 0 Å². The lowest BCUT2D eigenvalue weighted by atomic mass is 10.2. The molecule has 0 aliphatic carbocycles. The molecule has 0 aliphatic heterocycles. The number of hydrogen-bond donors (Lipinski definition) is 0. The number of rotatable bonds is 12. The first-order chi connectivity index (χ1) is 17.1. The third kappa shape index (κ3) is 6.16. The fourth-order valence-electron chi connectivity index (χ4n) is 3.43. The van der Waals surface area contributed by atoms with Crippen molar-refractivity contribution < 1.29 is 30.4 Å². The van der Waals surface area contributed by atoms with E-state index in [9.17, 15) is 13.2 Å². The van der Waals surface area contributed by atoms with Crippen LogP contribution in [0.25, 0.3) is 0 Å². The molecule has 0 fully saturated rings. The van der Waals surface area contributed by atoms with E-state index in [2.05, 4.69) is 24.3 Å². The Balaban J connectivity index is 2.10. The normalized spacial score (nSPS) is 12.8. The van der Waals surface area contributed by atoms with E-state index in [0.29, 0.717) is 27.5 Å². The summed E-state index contributed by atoms with van der Waals surface area (Å²) in [5.41, 5.74) is 0.907. The van der Waals surface area contributed by atoms with Gasteiger partial charge in [0.1, 0.15) is 0 Å². The van der Waals surface area contributed by atoms with E-state index in [1.807, 2.05) is 6.92 Å². The average Bonchev–Trinajstić information content (AvgIpc) is 2.88. The van der Waals surface area contributed by atoms with Gasteiger partial charge in [-0.3, -0.25) is 3.63 Å². The van der Waals surface area contributed by atoms with Crippen molar-refractivity contribution >= 4 is 42.3 Å². The lowest BCUT2D eigenvalue weighted by molar-refractivity contribution is -0.161. The molecule has 0 aliphatic rings. The Morgan fingerprint density at radius 2 is 1.33 bits per heavy atom. The number of alkyl halides is 3. The molecular weight excluding hydrogens is 574 g/mol. The predicted molar refractivity (Wildman–Crippen MR) is 142 cm³/mol. The Kier molecular flexibility index (Phi) is 9.68. The van der Waals surface area contributed by atoms with Crippen LogP contribution in [0.1, 0.15) is 24.8 Å². The molecule has 0 saturated carbocycles. The quantitative estimate of drug-likeness (QED) is 0.0716. The van der Waals surface area contributed by atoms with Crippen molar-refractivity contribution in [2.45, 2.75) is 46.1 Å². The Morgan fingerprint density at radius 3 is 1.83 bits per heavy atom. The van der Waals surface area contributed by atoms with Crippen molar-refractivity contribution in [3.63, 3.8) is 0 Å². The zero-order valence-corrected chi connectivity index (χ0v) is 22.9. The summed E-state index contributed by atoms with van der Waals surface area (Å²) in [5, 5.41) is -4.12. The Morgan fingerprint density at radius 1 is 0.833 bits per heavy atom. The van der Waals surface area contributed by atoms with Crippen LogP contribution < -0.4 is 0 Å². The van der Waals surface area contributed by atoms with Crippen LogP contribution in [-0.2, 0) is 19.6 Å². The van der Waals surface area contributed by atoms with E-state index < -0.39 is 31.7 Å². The van der Waals surface area contributed by atoms with E-state index in [4.69, 9.17) is 0 Å². The Hall–Kier alpha value is -2.27. The summed E-state index contributed by atoms with van der Waals surface area (Å²) in [4.78, 5) is 13.6. The van der Waals surface area contributed by atoms with Gasteiger partial charge in [-0.05, 0) is 62.6 Å². The number of hydrogen-bond acceptors (Lipinski definition) is 4. The topological polar surface area (TPSA) is 73.2 Å². The SMILES string of the molecule is Cc1ccc(S([OH+]S(=O)(=O)C(F)(F)C(=O)OCCCCCBr)(c2ccccc2)c2ccccc2)cc1. The van der Waals surface area contributed by atoms with Gasteiger partial charge in [0.2, 0.25) is 0 Å². The second-order valence-corrected chi connectivity index (χ2v) is 13.4. The number of esters is 1. The molecule has 194 valence electrons. The summed E-state index contributed by atoms with van der Waals surface area (Å²) in [6.07, 6.45) is 1.76. The standard InChI is InChI=1S/C26H27BrF2O5S2/c1-21-15-17-24(18-16-21)35(22-11-5-2-6-12-22,23-13-7-3-8-14-23)34-36(31,32)26(28,29)25(30)33-20-10-4-9-19-27/h2-3,5-8,11-18H,4,9-10,19-20H2,1H3/p+1. The lowest BCUT2D eigenvalue weighted by Gasteiger charge is -2.35. The molecule has 3 rings (SSSR count). The maximum atomic E-state index is 15.2. The van der Waals surface area contributed by atoms with Gasteiger partial charge in [-0.25, -0.2) is 4.79 Å². The minimum absolute atomic E-state index is 0.301. The molecule has 10 heteroatoms. The van der Waals surface area contributed by atoms with E-state index >= 15 is 8.78 Å². The van der Waals surface area contributed by atoms with Gasteiger partial charge < -0.3 is 4.74 Å². The molecule has 0 saturated heterocycles.